The zero-order chi connectivity index (χ0) is 13.2. The molecule has 0 amide bonds. The lowest BCUT2D eigenvalue weighted by Crippen LogP contribution is -2.35. The number of carbonyl (C=O) groups excluding carboxylic acids is 1. The van der Waals surface area contributed by atoms with Crippen molar-refractivity contribution in [3.8, 4) is 0 Å². The Balaban J connectivity index is 2.04. The van der Waals surface area contributed by atoms with Crippen molar-refractivity contribution in [1.82, 2.24) is 4.90 Å². The molecule has 106 valence electrons. The first-order valence-corrected chi connectivity index (χ1v) is 7.64. The second kappa shape index (κ2) is 9.37. The molecule has 3 nitrogen and oxygen atoms in total. The van der Waals surface area contributed by atoms with E-state index in [-0.39, 0.29) is 5.97 Å². The number of piperidine rings is 1. The van der Waals surface area contributed by atoms with Gasteiger partial charge in [0.1, 0.15) is 0 Å². The van der Waals surface area contributed by atoms with Crippen molar-refractivity contribution in [1.29, 1.82) is 0 Å². The molecular formula is C15H29NO2. The molecule has 0 N–H and O–H groups in total. The summed E-state index contributed by atoms with van der Waals surface area (Å²) in [6.45, 7) is 8.16. The van der Waals surface area contributed by atoms with Crippen LogP contribution in [0.25, 0.3) is 0 Å². The molecule has 18 heavy (non-hydrogen) atoms. The maximum Gasteiger partial charge on any atom is 0.307 e. The van der Waals surface area contributed by atoms with Crippen LogP contribution in [0.4, 0.5) is 0 Å². The van der Waals surface area contributed by atoms with E-state index in [1.807, 2.05) is 0 Å². The minimum Gasteiger partial charge on any atom is -0.466 e. The number of esters is 1. The largest absolute Gasteiger partial charge is 0.466 e. The summed E-state index contributed by atoms with van der Waals surface area (Å²) in [5.74, 6) is 0.891. The normalized spacial score (nSPS) is 17.9. The molecule has 0 aromatic heterocycles. The molecule has 3 heteroatoms. The van der Waals surface area contributed by atoms with Crippen LogP contribution in [0.1, 0.15) is 58.8 Å². The van der Waals surface area contributed by atoms with Gasteiger partial charge in [-0.3, -0.25) is 4.79 Å². The fraction of sp³-hybridized carbons (Fsp3) is 0.933. The summed E-state index contributed by atoms with van der Waals surface area (Å²) in [6.07, 6.45) is 7.90. The molecular weight excluding hydrogens is 226 g/mol. The van der Waals surface area contributed by atoms with Crippen LogP contribution < -0.4 is 0 Å². The Hall–Kier alpha value is -0.570. The van der Waals surface area contributed by atoms with Gasteiger partial charge in [0.05, 0.1) is 13.0 Å². The van der Waals surface area contributed by atoms with Crippen LogP contribution in [0.3, 0.4) is 0 Å². The van der Waals surface area contributed by atoms with Gasteiger partial charge in [-0.2, -0.15) is 0 Å². The highest BCUT2D eigenvalue weighted by Gasteiger charge is 2.18. The second-order valence-corrected chi connectivity index (χ2v) is 5.40. The quantitative estimate of drug-likeness (QED) is 0.492. The monoisotopic (exact) mass is 255 g/mol. The van der Waals surface area contributed by atoms with E-state index >= 15 is 0 Å². The van der Waals surface area contributed by atoms with Crippen molar-refractivity contribution in [2.24, 2.45) is 5.92 Å². The average Bonchev–Trinajstić information content (AvgIpc) is 2.39. The van der Waals surface area contributed by atoms with Crippen molar-refractivity contribution >= 4 is 5.97 Å². The van der Waals surface area contributed by atoms with Crippen molar-refractivity contribution in [3.05, 3.63) is 0 Å². The molecule has 0 bridgehead atoms. The van der Waals surface area contributed by atoms with E-state index in [1.165, 1.54) is 25.7 Å². The summed E-state index contributed by atoms with van der Waals surface area (Å²) in [5.41, 5.74) is 0. The minimum atomic E-state index is -0.0286. The van der Waals surface area contributed by atoms with Crippen LogP contribution in [-0.2, 0) is 9.53 Å². The van der Waals surface area contributed by atoms with E-state index in [2.05, 4.69) is 18.7 Å². The van der Waals surface area contributed by atoms with Gasteiger partial charge >= 0.3 is 5.97 Å². The third-order valence-electron chi connectivity index (χ3n) is 3.80. The summed E-state index contributed by atoms with van der Waals surface area (Å²) < 4.78 is 5.17. The van der Waals surface area contributed by atoms with Crippen LogP contribution in [0.2, 0.25) is 0 Å². The van der Waals surface area contributed by atoms with Gasteiger partial charge in [-0.05, 0) is 38.3 Å². The van der Waals surface area contributed by atoms with Crippen LogP contribution in [0.15, 0.2) is 0 Å². The Labute approximate surface area is 112 Å². The highest BCUT2D eigenvalue weighted by molar-refractivity contribution is 5.69. The van der Waals surface area contributed by atoms with Gasteiger partial charge in [-0.25, -0.2) is 0 Å². The van der Waals surface area contributed by atoms with Gasteiger partial charge in [-0.15, -0.1) is 0 Å². The first-order chi connectivity index (χ1) is 8.76. The summed E-state index contributed by atoms with van der Waals surface area (Å²) in [6, 6.07) is 0. The van der Waals surface area contributed by atoms with Gasteiger partial charge in [0, 0.05) is 6.54 Å². The fourth-order valence-electron chi connectivity index (χ4n) is 2.56. The van der Waals surface area contributed by atoms with Gasteiger partial charge in [0.15, 0.2) is 0 Å². The molecule has 1 rings (SSSR count). The first-order valence-electron chi connectivity index (χ1n) is 7.64. The Morgan fingerprint density at radius 1 is 1.22 bits per heavy atom. The Morgan fingerprint density at radius 2 is 1.94 bits per heavy atom. The van der Waals surface area contributed by atoms with E-state index in [0.29, 0.717) is 13.0 Å². The first kappa shape index (κ1) is 15.5. The third kappa shape index (κ3) is 6.39. The molecule has 1 aliphatic rings. The molecule has 0 atom stereocenters. The van der Waals surface area contributed by atoms with Crippen molar-refractivity contribution in [3.63, 3.8) is 0 Å². The van der Waals surface area contributed by atoms with Crippen LogP contribution in [-0.4, -0.2) is 37.1 Å². The molecule has 0 aliphatic carbocycles. The van der Waals surface area contributed by atoms with Crippen LogP contribution >= 0.6 is 0 Å². The molecule has 0 unspecified atom stereocenters. The molecule has 0 aromatic carbocycles. The van der Waals surface area contributed by atoms with Crippen LogP contribution in [0, 0.1) is 5.92 Å². The van der Waals surface area contributed by atoms with Gasteiger partial charge in [0.2, 0.25) is 0 Å². The average molecular weight is 255 g/mol. The number of rotatable bonds is 8. The summed E-state index contributed by atoms with van der Waals surface area (Å²) in [4.78, 5) is 13.9. The highest BCUT2D eigenvalue weighted by atomic mass is 16.5. The zero-order valence-corrected chi connectivity index (χ0v) is 12.1. The Morgan fingerprint density at radius 3 is 2.56 bits per heavy atom. The van der Waals surface area contributed by atoms with Gasteiger partial charge in [-0.1, -0.05) is 33.1 Å². The van der Waals surface area contributed by atoms with Crippen molar-refractivity contribution in [2.45, 2.75) is 58.8 Å². The fourth-order valence-corrected chi connectivity index (χ4v) is 2.56. The van der Waals surface area contributed by atoms with E-state index in [0.717, 1.165) is 38.4 Å². The molecule has 1 heterocycles. The number of ether oxygens (including phenoxy) is 1. The number of nitrogens with zero attached hydrogens (tertiary/aromatic N) is 1. The molecule has 0 saturated carbocycles. The van der Waals surface area contributed by atoms with Crippen molar-refractivity contribution < 1.29 is 9.53 Å². The zero-order valence-electron chi connectivity index (χ0n) is 12.1. The number of unbranched alkanes of at least 4 members (excludes halogenated alkanes) is 1. The predicted molar refractivity (Wildman–Crippen MR) is 74.6 cm³/mol. The molecule has 0 spiro atoms. The number of hydrogen-bond donors (Lipinski definition) is 0. The van der Waals surface area contributed by atoms with E-state index in [9.17, 15) is 4.79 Å². The smallest absolute Gasteiger partial charge is 0.307 e. The standard InChI is InChI=1S/C15H29NO2/c1-3-5-13-18-15(17)9-12-16-10-7-14(6-4-2)8-11-16/h14H,3-13H2,1-2H3. The van der Waals surface area contributed by atoms with Gasteiger partial charge < -0.3 is 9.64 Å². The molecule has 1 fully saturated rings. The Bertz CT molecular complexity index is 223. The predicted octanol–water partition coefficient (Wildman–Crippen LogP) is 3.23. The molecule has 1 aliphatic heterocycles. The van der Waals surface area contributed by atoms with Crippen LogP contribution in [0.5, 0.6) is 0 Å². The topological polar surface area (TPSA) is 29.5 Å². The summed E-state index contributed by atoms with van der Waals surface area (Å²) in [5, 5.41) is 0. The lowest BCUT2D eigenvalue weighted by Gasteiger charge is -2.31. The van der Waals surface area contributed by atoms with E-state index in [1.54, 1.807) is 0 Å². The molecule has 0 aromatic rings. The third-order valence-corrected chi connectivity index (χ3v) is 3.80. The number of hydrogen-bond acceptors (Lipinski definition) is 3. The van der Waals surface area contributed by atoms with Gasteiger partial charge in [0.25, 0.3) is 0 Å². The highest BCUT2D eigenvalue weighted by Crippen LogP contribution is 2.21. The van der Waals surface area contributed by atoms with Crippen molar-refractivity contribution in [2.75, 3.05) is 26.2 Å². The summed E-state index contributed by atoms with van der Waals surface area (Å²) >= 11 is 0. The van der Waals surface area contributed by atoms with E-state index < -0.39 is 0 Å². The number of likely N-dealkylation sites (tertiary alicyclic amines) is 1. The molecule has 1 saturated heterocycles. The summed E-state index contributed by atoms with van der Waals surface area (Å²) in [7, 11) is 0. The number of carbonyl (C=O) groups is 1. The maximum absolute atomic E-state index is 11.5. The second-order valence-electron chi connectivity index (χ2n) is 5.40. The lowest BCUT2D eigenvalue weighted by molar-refractivity contribution is -0.144. The SMILES string of the molecule is CCCCOC(=O)CCN1CCC(CCC)CC1. The minimum absolute atomic E-state index is 0.0286. The molecule has 0 radical (unpaired) electrons. The maximum atomic E-state index is 11.5. The Kier molecular flexibility index (Phi) is 8.06. The van der Waals surface area contributed by atoms with E-state index in [4.69, 9.17) is 4.74 Å². The lowest BCUT2D eigenvalue weighted by atomic mass is 9.92.